The zero-order chi connectivity index (χ0) is 73.0. The minimum Gasteiger partial charge on any atom is -0.373 e. The Hall–Kier alpha value is -7.58. The van der Waals surface area contributed by atoms with Gasteiger partial charge in [-0.1, -0.05) is 34.1 Å². The highest BCUT2D eigenvalue weighted by Gasteiger charge is 2.47. The van der Waals surface area contributed by atoms with E-state index in [1.165, 1.54) is 33.4 Å². The van der Waals surface area contributed by atoms with E-state index in [4.69, 9.17) is 25.7 Å². The summed E-state index contributed by atoms with van der Waals surface area (Å²) in [6, 6.07) is -12.1. The molecule has 0 bridgehead atoms. The number of primary amides is 1. The smallest absolute Gasteiger partial charge is 0.246 e. The van der Waals surface area contributed by atoms with E-state index in [0.717, 1.165) is 0 Å². The van der Waals surface area contributed by atoms with Crippen molar-refractivity contribution < 1.29 is 81.3 Å². The van der Waals surface area contributed by atoms with E-state index in [-0.39, 0.29) is 57.5 Å². The molecule has 0 radical (unpaired) electrons. The Kier molecular flexibility index (Phi) is 31.1. The number of carbonyl (C=O) groups is 14. The first-order chi connectivity index (χ1) is 45.1. The van der Waals surface area contributed by atoms with Gasteiger partial charge in [0.2, 0.25) is 82.7 Å². The monoisotopic (exact) mass is 1370 g/mol. The largest absolute Gasteiger partial charge is 0.373 e. The van der Waals surface area contributed by atoms with Crippen molar-refractivity contribution in [1.29, 1.82) is 0 Å². The Morgan fingerprint density at radius 2 is 0.887 bits per heavy atom. The van der Waals surface area contributed by atoms with Gasteiger partial charge in [0.1, 0.15) is 60.4 Å². The van der Waals surface area contributed by atoms with Crippen molar-refractivity contribution in [3.8, 4) is 0 Å². The normalized spacial score (nSPS) is 20.6. The second-order valence-electron chi connectivity index (χ2n) is 29.0. The molecule has 0 aromatic rings. The number of nitrogens with one attached hydrogen (secondary N) is 9. The molecule has 13 N–H and O–H groups in total. The van der Waals surface area contributed by atoms with Crippen molar-refractivity contribution in [2.75, 3.05) is 65.6 Å². The molecule has 4 heterocycles. The predicted molar refractivity (Wildman–Crippen MR) is 354 cm³/mol. The van der Waals surface area contributed by atoms with Crippen molar-refractivity contribution in [1.82, 2.24) is 67.5 Å². The molecule has 12 atom stereocenters. The highest BCUT2D eigenvalue weighted by Crippen LogP contribution is 2.29. The summed E-state index contributed by atoms with van der Waals surface area (Å²) in [6.45, 7) is 23.9. The fraction of sp³-hybridized carbons (Fsp3) is 0.785. The summed E-state index contributed by atoms with van der Waals surface area (Å²) in [5.74, 6) is -9.55. The number of carbonyl (C=O) groups excluding carboxylic acids is 14. The summed E-state index contributed by atoms with van der Waals surface area (Å²) < 4.78 is 17.5. The van der Waals surface area contributed by atoms with Gasteiger partial charge in [-0.3, -0.25) is 67.1 Å². The maximum atomic E-state index is 14.4. The summed E-state index contributed by atoms with van der Waals surface area (Å²) in [4.78, 5) is 195. The summed E-state index contributed by atoms with van der Waals surface area (Å²) in [5.41, 5.74) is 9.34. The van der Waals surface area contributed by atoms with Crippen molar-refractivity contribution in [2.45, 2.75) is 251 Å². The second-order valence-corrected chi connectivity index (χ2v) is 29.0. The van der Waals surface area contributed by atoms with Crippen LogP contribution in [0, 0.1) is 11.8 Å². The van der Waals surface area contributed by atoms with Crippen LogP contribution in [0.1, 0.15) is 168 Å². The van der Waals surface area contributed by atoms with Gasteiger partial charge in [-0.25, -0.2) is 0 Å². The number of hydrogen-bond acceptors (Lipinski definition) is 18. The molecular formula is C65H111N15O17. The average molecular weight is 1370 g/mol. The summed E-state index contributed by atoms with van der Waals surface area (Å²) in [5, 5.41) is 23.1. The lowest BCUT2D eigenvalue weighted by atomic mass is 9.96. The average Bonchev–Trinajstić information content (AvgIpc) is 1.66. The molecule has 0 unspecified atom stereocenters. The number of amides is 14. The van der Waals surface area contributed by atoms with Gasteiger partial charge in [-0.15, -0.1) is 0 Å². The van der Waals surface area contributed by atoms with E-state index in [9.17, 15) is 67.1 Å². The van der Waals surface area contributed by atoms with Crippen LogP contribution < -0.4 is 59.3 Å². The Bertz CT molecular complexity index is 2820. The SMILES string of the molecule is CC[C@H](C)[C@H](NC(=O)[C@@H](N)CC(C)C)C(=O)N[C@@H](C)C(=O)NCC(=O)NCC(=O)N1CCC[C@H]1C(=O)N[C@@H](COC(C)(C)C)C(=O)N[C@@H](COC(C)(C)C)C(=O)NCC(=O)N[C@@H](C)C(=O)N1CCC[C@H]1C(=O)N1CCC[C@H]1C(=O)N1CCC[C@H]1C(=O)N[C@@H](COC(C)(C)C)C(N)=O. The van der Waals surface area contributed by atoms with Crippen molar-refractivity contribution in [2.24, 2.45) is 23.3 Å². The van der Waals surface area contributed by atoms with Crippen LogP contribution in [-0.2, 0) is 81.3 Å². The van der Waals surface area contributed by atoms with Crippen LogP contribution in [0.25, 0.3) is 0 Å². The molecule has 14 amide bonds. The van der Waals surface area contributed by atoms with Gasteiger partial charge in [0.25, 0.3) is 0 Å². The third-order valence-electron chi connectivity index (χ3n) is 17.0. The zero-order valence-corrected chi connectivity index (χ0v) is 59.5. The molecule has 4 aliphatic rings. The van der Waals surface area contributed by atoms with Crippen LogP contribution in [0.3, 0.4) is 0 Å². The van der Waals surface area contributed by atoms with E-state index in [1.54, 1.807) is 69.2 Å². The molecule has 0 aromatic heterocycles. The van der Waals surface area contributed by atoms with Gasteiger partial charge >= 0.3 is 0 Å². The molecule has 32 heteroatoms. The van der Waals surface area contributed by atoms with E-state index in [0.29, 0.717) is 51.4 Å². The first-order valence-electron chi connectivity index (χ1n) is 33.9. The van der Waals surface area contributed by atoms with Crippen molar-refractivity contribution >= 4 is 82.7 Å². The van der Waals surface area contributed by atoms with Gasteiger partial charge in [-0.05, 0) is 146 Å². The van der Waals surface area contributed by atoms with E-state index in [1.807, 2.05) is 20.8 Å². The van der Waals surface area contributed by atoms with Crippen LogP contribution in [0.4, 0.5) is 0 Å². The highest BCUT2D eigenvalue weighted by atomic mass is 16.5. The fourth-order valence-electron chi connectivity index (χ4n) is 11.5. The molecule has 0 saturated carbocycles. The molecule has 4 saturated heterocycles. The van der Waals surface area contributed by atoms with E-state index in [2.05, 4.69) is 47.9 Å². The Labute approximate surface area is 569 Å². The van der Waals surface area contributed by atoms with Crippen molar-refractivity contribution in [3.05, 3.63) is 0 Å². The van der Waals surface area contributed by atoms with Crippen LogP contribution in [-0.4, -0.2) is 251 Å². The maximum absolute atomic E-state index is 14.4. The third kappa shape index (κ3) is 26.0. The molecule has 4 rings (SSSR count). The lowest BCUT2D eigenvalue weighted by molar-refractivity contribution is -0.151. The lowest BCUT2D eigenvalue weighted by Gasteiger charge is -2.34. The van der Waals surface area contributed by atoms with E-state index >= 15 is 0 Å². The first kappa shape index (κ1) is 81.8. The van der Waals surface area contributed by atoms with Crippen LogP contribution >= 0.6 is 0 Å². The van der Waals surface area contributed by atoms with Crippen LogP contribution in [0.15, 0.2) is 0 Å². The number of likely N-dealkylation sites (tertiary alicyclic amines) is 4. The Balaban J connectivity index is 1.34. The predicted octanol–water partition coefficient (Wildman–Crippen LogP) is -2.40. The maximum Gasteiger partial charge on any atom is 0.246 e. The number of ether oxygens (including phenoxy) is 3. The van der Waals surface area contributed by atoms with E-state index < -0.39 is 199 Å². The molecule has 97 heavy (non-hydrogen) atoms. The second kappa shape index (κ2) is 36.8. The Morgan fingerprint density at radius 3 is 1.39 bits per heavy atom. The quantitative estimate of drug-likeness (QED) is 0.0326. The number of nitrogens with two attached hydrogens (primary N) is 2. The standard InChI is InChI=1S/C65H111N15O17/c1-16-37(4)51(76-54(86)40(66)29-36(2)3)59(91)72-38(5)53(85)69-30-48(81)68-32-50(83)77-25-17-21-44(77)57(89)75-43(35-97-65(13,14)15)56(88)74-42(34-96-64(10,11)12)55(87)70-31-49(82)71-39(6)60(92)79-27-19-23-46(79)62(94)80-28-20-24-47(80)61(93)78-26-18-22-45(78)58(90)73-41(52(67)84)33-95-63(7,8)9/h36-47,51H,16-35,66H2,1-15H3,(H2,67,84)(H,68,81)(H,69,85)(H,70,87)(H,71,82)(H,72,91)(H,73,90)(H,74,88)(H,75,89)(H,76,86)/t37-,38-,39-,40-,41-,42-,43-,44-,45-,46-,47-,51-/m0/s1. The molecule has 32 nitrogen and oxygen atoms in total. The molecule has 0 aliphatic carbocycles. The highest BCUT2D eigenvalue weighted by molar-refractivity contribution is 5.99. The number of hydrogen-bond donors (Lipinski definition) is 11. The number of rotatable bonds is 33. The summed E-state index contributed by atoms with van der Waals surface area (Å²) >= 11 is 0. The van der Waals surface area contributed by atoms with Gasteiger partial charge < -0.3 is 93.1 Å². The van der Waals surface area contributed by atoms with Crippen molar-refractivity contribution in [3.63, 3.8) is 0 Å². The summed E-state index contributed by atoms with van der Waals surface area (Å²) in [6.07, 6.45) is 3.89. The van der Waals surface area contributed by atoms with Gasteiger partial charge in [0.15, 0.2) is 0 Å². The number of nitrogens with zero attached hydrogens (tertiary/aromatic N) is 4. The lowest BCUT2D eigenvalue weighted by Crippen LogP contribution is -2.60. The van der Waals surface area contributed by atoms with Gasteiger partial charge in [-0.2, -0.15) is 0 Å². The first-order valence-corrected chi connectivity index (χ1v) is 33.9. The Morgan fingerprint density at radius 1 is 0.454 bits per heavy atom. The molecular weight excluding hydrogens is 1260 g/mol. The fourth-order valence-corrected chi connectivity index (χ4v) is 11.5. The minimum atomic E-state index is -1.47. The topological polar surface area (TPSA) is 440 Å². The summed E-state index contributed by atoms with van der Waals surface area (Å²) in [7, 11) is 0. The van der Waals surface area contributed by atoms with Crippen LogP contribution in [0.2, 0.25) is 0 Å². The molecule has 4 aliphatic heterocycles. The van der Waals surface area contributed by atoms with Gasteiger partial charge in [0.05, 0.1) is 62.3 Å². The zero-order valence-electron chi connectivity index (χ0n) is 59.5. The molecule has 4 fully saturated rings. The third-order valence-corrected chi connectivity index (χ3v) is 17.0. The van der Waals surface area contributed by atoms with Gasteiger partial charge in [0, 0.05) is 26.2 Å². The molecule has 548 valence electrons. The molecule has 0 spiro atoms. The van der Waals surface area contributed by atoms with Crippen LogP contribution in [0.5, 0.6) is 0 Å². The molecule has 0 aromatic carbocycles. The minimum absolute atomic E-state index is 0.121.